The van der Waals surface area contributed by atoms with Crippen LogP contribution < -0.4 is 5.32 Å². The molecule has 0 saturated heterocycles. The van der Waals surface area contributed by atoms with Crippen molar-refractivity contribution >= 4 is 34.0 Å². The van der Waals surface area contributed by atoms with E-state index in [-0.39, 0.29) is 10.8 Å². The van der Waals surface area contributed by atoms with Gasteiger partial charge in [-0.05, 0) is 30.3 Å². The summed E-state index contributed by atoms with van der Waals surface area (Å²) < 4.78 is 13.7. The lowest BCUT2D eigenvalue weighted by Gasteiger charge is -2.09. The van der Waals surface area contributed by atoms with Gasteiger partial charge in [-0.1, -0.05) is 17.7 Å². The molecule has 0 atom stereocenters. The van der Waals surface area contributed by atoms with E-state index in [0.717, 1.165) is 16.6 Å². The Balaban J connectivity index is 2.06. The first-order valence-corrected chi connectivity index (χ1v) is 6.03. The predicted molar refractivity (Wildman–Crippen MR) is 74.2 cm³/mol. The number of rotatable bonds is 2. The monoisotopic (exact) mass is 273 g/mol. The van der Waals surface area contributed by atoms with E-state index in [4.69, 9.17) is 11.6 Å². The van der Waals surface area contributed by atoms with Gasteiger partial charge in [0, 0.05) is 23.5 Å². The second kappa shape index (κ2) is 4.82. The highest BCUT2D eigenvalue weighted by Gasteiger charge is 2.07. The molecule has 94 valence electrons. The van der Waals surface area contributed by atoms with Crippen LogP contribution in [0.25, 0.3) is 10.9 Å². The van der Waals surface area contributed by atoms with E-state index in [2.05, 4.69) is 15.3 Å². The molecule has 0 fully saturated rings. The molecule has 19 heavy (non-hydrogen) atoms. The maximum atomic E-state index is 13.7. The third kappa shape index (κ3) is 2.35. The Labute approximate surface area is 114 Å². The van der Waals surface area contributed by atoms with E-state index in [0.29, 0.717) is 0 Å². The Kier molecular flexibility index (Phi) is 3.01. The quantitative estimate of drug-likeness (QED) is 0.762. The summed E-state index contributed by atoms with van der Waals surface area (Å²) in [6, 6.07) is 10.6. The van der Waals surface area contributed by atoms with Crippen molar-refractivity contribution in [2.75, 3.05) is 5.32 Å². The van der Waals surface area contributed by atoms with Gasteiger partial charge in [-0.15, -0.1) is 0 Å². The highest BCUT2D eigenvalue weighted by Crippen LogP contribution is 2.26. The van der Waals surface area contributed by atoms with Crippen molar-refractivity contribution in [3.8, 4) is 0 Å². The molecule has 0 radical (unpaired) electrons. The Morgan fingerprint density at radius 3 is 2.84 bits per heavy atom. The van der Waals surface area contributed by atoms with Gasteiger partial charge in [-0.3, -0.25) is 4.98 Å². The summed E-state index contributed by atoms with van der Waals surface area (Å²) in [5.41, 5.74) is 1.58. The zero-order valence-corrected chi connectivity index (χ0v) is 10.5. The number of nitrogens with zero attached hydrogens (tertiary/aromatic N) is 2. The molecule has 0 unspecified atom stereocenters. The Morgan fingerprint density at radius 2 is 2.00 bits per heavy atom. The van der Waals surface area contributed by atoms with Gasteiger partial charge in [0.2, 0.25) is 0 Å². The molecule has 0 aliphatic rings. The smallest absolute Gasteiger partial charge is 0.167 e. The van der Waals surface area contributed by atoms with Crippen LogP contribution in [0, 0.1) is 5.82 Å². The summed E-state index contributed by atoms with van der Waals surface area (Å²) in [5.74, 6) is -0.353. The summed E-state index contributed by atoms with van der Waals surface area (Å²) in [6.45, 7) is 0. The zero-order valence-electron chi connectivity index (χ0n) is 9.77. The van der Waals surface area contributed by atoms with Crippen LogP contribution in [0.5, 0.6) is 0 Å². The highest BCUT2D eigenvalue weighted by molar-refractivity contribution is 6.30. The lowest BCUT2D eigenvalue weighted by Crippen LogP contribution is -1.97. The van der Waals surface area contributed by atoms with E-state index < -0.39 is 5.82 Å². The van der Waals surface area contributed by atoms with Crippen LogP contribution in [0.1, 0.15) is 0 Å². The van der Waals surface area contributed by atoms with Crippen LogP contribution >= 0.6 is 11.6 Å². The minimum Gasteiger partial charge on any atom is -0.337 e. The maximum Gasteiger partial charge on any atom is 0.167 e. The third-order valence-electron chi connectivity index (χ3n) is 2.71. The molecule has 0 aliphatic heterocycles. The van der Waals surface area contributed by atoms with Gasteiger partial charge in [0.05, 0.1) is 10.5 Å². The Hall–Kier alpha value is -2.20. The van der Waals surface area contributed by atoms with Crippen LogP contribution in [-0.2, 0) is 0 Å². The van der Waals surface area contributed by atoms with Crippen LogP contribution in [0.4, 0.5) is 15.9 Å². The molecule has 0 aliphatic carbocycles. The SMILES string of the molecule is Fc1cc(Cl)cnc1Nc1cccc2ncccc12. The lowest BCUT2D eigenvalue weighted by molar-refractivity contribution is 0.626. The van der Waals surface area contributed by atoms with Crippen molar-refractivity contribution in [1.82, 2.24) is 9.97 Å². The summed E-state index contributed by atoms with van der Waals surface area (Å²) in [5, 5.41) is 4.13. The van der Waals surface area contributed by atoms with Gasteiger partial charge in [0.25, 0.3) is 0 Å². The van der Waals surface area contributed by atoms with Crippen LogP contribution in [0.15, 0.2) is 48.8 Å². The molecule has 1 aromatic carbocycles. The van der Waals surface area contributed by atoms with Gasteiger partial charge in [-0.2, -0.15) is 0 Å². The molecule has 3 aromatic rings. The Bertz CT molecular complexity index is 740. The summed E-state index contributed by atoms with van der Waals surface area (Å²) in [6.07, 6.45) is 3.11. The van der Waals surface area contributed by atoms with Crippen molar-refractivity contribution < 1.29 is 4.39 Å². The molecule has 1 N–H and O–H groups in total. The summed E-state index contributed by atoms with van der Waals surface area (Å²) in [4.78, 5) is 8.19. The summed E-state index contributed by atoms with van der Waals surface area (Å²) in [7, 11) is 0. The third-order valence-corrected chi connectivity index (χ3v) is 2.91. The minimum absolute atomic E-state index is 0.140. The van der Waals surface area contributed by atoms with E-state index in [1.54, 1.807) is 6.20 Å². The molecule has 0 bridgehead atoms. The van der Waals surface area contributed by atoms with Crippen LogP contribution in [0.2, 0.25) is 5.02 Å². The highest BCUT2D eigenvalue weighted by atomic mass is 35.5. The molecule has 3 rings (SSSR count). The van der Waals surface area contributed by atoms with E-state index in [9.17, 15) is 4.39 Å². The fraction of sp³-hybridized carbons (Fsp3) is 0. The molecule has 0 spiro atoms. The van der Waals surface area contributed by atoms with E-state index in [1.807, 2.05) is 30.3 Å². The first kappa shape index (κ1) is 11.9. The second-order valence-corrected chi connectivity index (χ2v) is 4.42. The number of benzene rings is 1. The average Bonchev–Trinajstić information content (AvgIpc) is 2.42. The molecule has 0 amide bonds. The number of hydrogen-bond acceptors (Lipinski definition) is 3. The fourth-order valence-electron chi connectivity index (χ4n) is 1.85. The topological polar surface area (TPSA) is 37.8 Å². The molecular formula is C14H9ClFN3. The first-order valence-electron chi connectivity index (χ1n) is 5.66. The van der Waals surface area contributed by atoms with Gasteiger partial charge in [-0.25, -0.2) is 9.37 Å². The van der Waals surface area contributed by atoms with Crippen molar-refractivity contribution in [2.45, 2.75) is 0 Å². The van der Waals surface area contributed by atoms with Gasteiger partial charge < -0.3 is 5.32 Å². The zero-order chi connectivity index (χ0) is 13.2. The molecule has 5 heteroatoms. The largest absolute Gasteiger partial charge is 0.337 e. The first-order chi connectivity index (χ1) is 9.24. The van der Waals surface area contributed by atoms with Crippen LogP contribution in [-0.4, -0.2) is 9.97 Å². The Morgan fingerprint density at radius 1 is 1.11 bits per heavy atom. The standard InChI is InChI=1S/C14H9ClFN3/c15-9-7-11(16)14(18-8-9)19-13-5-1-4-12-10(13)3-2-6-17-12/h1-8H,(H,18,19). The molecule has 2 aromatic heterocycles. The average molecular weight is 274 g/mol. The van der Waals surface area contributed by atoms with Gasteiger partial charge in [0.15, 0.2) is 11.6 Å². The molecule has 3 nitrogen and oxygen atoms in total. The second-order valence-electron chi connectivity index (χ2n) is 3.98. The normalized spacial score (nSPS) is 10.6. The number of anilines is 2. The predicted octanol–water partition coefficient (Wildman–Crippen LogP) is 4.17. The van der Waals surface area contributed by atoms with E-state index >= 15 is 0 Å². The van der Waals surface area contributed by atoms with Crippen LogP contribution in [0.3, 0.4) is 0 Å². The maximum absolute atomic E-state index is 13.7. The van der Waals surface area contributed by atoms with Gasteiger partial charge >= 0.3 is 0 Å². The molecule has 2 heterocycles. The number of nitrogens with one attached hydrogen (secondary N) is 1. The number of aromatic nitrogens is 2. The molecule has 0 saturated carbocycles. The number of halogens is 2. The van der Waals surface area contributed by atoms with Gasteiger partial charge in [0.1, 0.15) is 0 Å². The van der Waals surface area contributed by atoms with Crippen molar-refractivity contribution in [1.29, 1.82) is 0 Å². The number of hydrogen-bond donors (Lipinski definition) is 1. The van der Waals surface area contributed by atoms with Crippen molar-refractivity contribution in [3.63, 3.8) is 0 Å². The number of fused-ring (bicyclic) bond motifs is 1. The number of pyridine rings is 2. The van der Waals surface area contributed by atoms with Crippen molar-refractivity contribution in [2.24, 2.45) is 0 Å². The van der Waals surface area contributed by atoms with Crippen molar-refractivity contribution in [3.05, 3.63) is 59.6 Å². The fourth-order valence-corrected chi connectivity index (χ4v) is 1.99. The lowest BCUT2D eigenvalue weighted by atomic mass is 10.2. The molecular weight excluding hydrogens is 265 g/mol. The summed E-state index contributed by atoms with van der Waals surface area (Å²) >= 11 is 5.67. The minimum atomic E-state index is -0.492. The van der Waals surface area contributed by atoms with E-state index in [1.165, 1.54) is 12.3 Å².